The summed E-state index contributed by atoms with van der Waals surface area (Å²) in [7, 11) is 0. The minimum atomic E-state index is -1.15. The lowest BCUT2D eigenvalue weighted by atomic mass is 10.2. The van der Waals surface area contributed by atoms with Gasteiger partial charge >= 0.3 is 11.9 Å². The first-order chi connectivity index (χ1) is 11.8. The van der Waals surface area contributed by atoms with Gasteiger partial charge in [0, 0.05) is 6.42 Å². The third-order valence-corrected chi connectivity index (χ3v) is 3.79. The van der Waals surface area contributed by atoms with Gasteiger partial charge in [-0.3, -0.25) is 14.6 Å². The van der Waals surface area contributed by atoms with Gasteiger partial charge in [-0.15, -0.1) is 10.2 Å². The number of carbonyl (C=O) groups excluding carboxylic acids is 1. The highest BCUT2D eigenvalue weighted by Crippen LogP contribution is 2.19. The Bertz CT molecular complexity index is 814. The quantitative estimate of drug-likeness (QED) is 0.527. The first kappa shape index (κ1) is 18.7. The highest BCUT2D eigenvalue weighted by atomic mass is 32.2. The Labute approximate surface area is 146 Å². The number of thioether (sulfide) groups is 1. The number of nitrogens with zero attached hydrogens (tertiary/aromatic N) is 2. The summed E-state index contributed by atoms with van der Waals surface area (Å²) in [5, 5.41) is 16.8. The summed E-state index contributed by atoms with van der Waals surface area (Å²) in [5.41, 5.74) is -0.281. The van der Waals surface area contributed by atoms with Crippen molar-refractivity contribution in [2.75, 3.05) is 0 Å². The molecule has 0 aromatic carbocycles. The summed E-state index contributed by atoms with van der Waals surface area (Å²) in [6.07, 6.45) is -0.0231. The summed E-state index contributed by atoms with van der Waals surface area (Å²) >= 11 is 1.15. The molecule has 134 valence electrons. The number of aromatic amines is 1. The van der Waals surface area contributed by atoms with E-state index in [-0.39, 0.29) is 41.3 Å². The van der Waals surface area contributed by atoms with Crippen LogP contribution in [0, 0.1) is 0 Å². The van der Waals surface area contributed by atoms with Crippen LogP contribution in [0.2, 0.25) is 0 Å². The highest BCUT2D eigenvalue weighted by molar-refractivity contribution is 7.98. The van der Waals surface area contributed by atoms with Crippen LogP contribution in [0.4, 0.5) is 0 Å². The van der Waals surface area contributed by atoms with Gasteiger partial charge in [0.25, 0.3) is 5.56 Å². The molecule has 0 aliphatic carbocycles. The zero-order valence-electron chi connectivity index (χ0n) is 13.6. The van der Waals surface area contributed by atoms with Crippen LogP contribution in [-0.2, 0) is 21.7 Å². The second-order valence-corrected chi connectivity index (χ2v) is 6.27. The maximum Gasteiger partial charge on any atom is 0.371 e. The SMILES string of the molecule is CC(C)OC(=O)CCc1nnc(SCc2ccc(C(=O)O)o2)[nH]c1=O. The first-order valence-electron chi connectivity index (χ1n) is 7.45. The number of carboxylic acid groups (broad SMARTS) is 1. The van der Waals surface area contributed by atoms with Gasteiger partial charge in [0.1, 0.15) is 11.5 Å². The smallest absolute Gasteiger partial charge is 0.371 e. The van der Waals surface area contributed by atoms with Crippen molar-refractivity contribution in [3.8, 4) is 0 Å². The number of esters is 1. The largest absolute Gasteiger partial charge is 0.475 e. The van der Waals surface area contributed by atoms with Crippen molar-refractivity contribution in [2.24, 2.45) is 0 Å². The van der Waals surface area contributed by atoms with Gasteiger partial charge < -0.3 is 14.3 Å². The molecule has 0 saturated heterocycles. The van der Waals surface area contributed by atoms with Crippen LogP contribution < -0.4 is 5.56 Å². The molecule has 0 fully saturated rings. The Morgan fingerprint density at radius 3 is 2.72 bits per heavy atom. The number of carboxylic acids is 1. The van der Waals surface area contributed by atoms with E-state index in [1.807, 2.05) is 0 Å². The van der Waals surface area contributed by atoms with Gasteiger partial charge in [0.05, 0.1) is 18.3 Å². The molecule has 0 aliphatic rings. The third-order valence-electron chi connectivity index (χ3n) is 2.90. The molecule has 2 aromatic rings. The summed E-state index contributed by atoms with van der Waals surface area (Å²) in [6.45, 7) is 3.49. The molecule has 2 rings (SSSR count). The molecule has 0 radical (unpaired) electrons. The zero-order valence-corrected chi connectivity index (χ0v) is 14.5. The standard InChI is InChI=1S/C15H17N3O6S/c1-8(2)23-12(19)6-4-10-13(20)16-15(18-17-10)25-7-9-3-5-11(24-9)14(21)22/h3,5,8H,4,6-7H2,1-2H3,(H,21,22)(H,16,18,20). The summed E-state index contributed by atoms with van der Waals surface area (Å²) in [5.74, 6) is -0.978. The topological polar surface area (TPSA) is 135 Å². The number of ether oxygens (including phenoxy) is 1. The molecule has 25 heavy (non-hydrogen) atoms. The third kappa shape index (κ3) is 5.75. The van der Waals surface area contributed by atoms with E-state index in [0.717, 1.165) is 11.8 Å². The number of rotatable bonds is 8. The molecule has 0 atom stereocenters. The van der Waals surface area contributed by atoms with Crippen molar-refractivity contribution >= 4 is 23.7 Å². The van der Waals surface area contributed by atoms with Crippen LogP contribution in [0.15, 0.2) is 26.5 Å². The number of aryl methyl sites for hydroxylation is 1. The van der Waals surface area contributed by atoms with Crippen LogP contribution in [0.3, 0.4) is 0 Å². The Balaban J connectivity index is 1.91. The fraction of sp³-hybridized carbons (Fsp3) is 0.400. The number of furan rings is 1. The molecule has 0 unspecified atom stereocenters. The number of carbonyl (C=O) groups is 2. The van der Waals surface area contributed by atoms with E-state index in [2.05, 4.69) is 15.2 Å². The Hall–Kier alpha value is -2.62. The number of hydrogen-bond donors (Lipinski definition) is 2. The van der Waals surface area contributed by atoms with Crippen molar-refractivity contribution in [1.82, 2.24) is 15.2 Å². The normalized spacial score (nSPS) is 10.8. The number of hydrogen-bond acceptors (Lipinski definition) is 8. The number of H-pyrrole nitrogens is 1. The molecular weight excluding hydrogens is 350 g/mol. The second-order valence-electron chi connectivity index (χ2n) is 5.30. The van der Waals surface area contributed by atoms with Crippen LogP contribution in [0.5, 0.6) is 0 Å². The number of nitrogens with one attached hydrogen (secondary N) is 1. The van der Waals surface area contributed by atoms with E-state index in [1.165, 1.54) is 12.1 Å². The molecular formula is C15H17N3O6S. The van der Waals surface area contributed by atoms with Gasteiger partial charge in [-0.25, -0.2) is 4.79 Å². The van der Waals surface area contributed by atoms with E-state index in [9.17, 15) is 14.4 Å². The molecule has 2 aromatic heterocycles. The van der Waals surface area contributed by atoms with E-state index >= 15 is 0 Å². The van der Waals surface area contributed by atoms with E-state index in [0.29, 0.717) is 5.76 Å². The monoisotopic (exact) mass is 367 g/mol. The van der Waals surface area contributed by atoms with E-state index in [4.69, 9.17) is 14.3 Å². The van der Waals surface area contributed by atoms with Gasteiger partial charge in [0.2, 0.25) is 5.76 Å². The van der Waals surface area contributed by atoms with Crippen LogP contribution in [0.1, 0.15) is 42.3 Å². The molecule has 10 heteroatoms. The lowest BCUT2D eigenvalue weighted by Crippen LogP contribution is -2.20. The molecule has 0 bridgehead atoms. The number of aromatic nitrogens is 3. The fourth-order valence-corrected chi connectivity index (χ4v) is 2.52. The summed E-state index contributed by atoms with van der Waals surface area (Å²) in [4.78, 5) is 36.7. The van der Waals surface area contributed by atoms with Crippen molar-refractivity contribution in [3.63, 3.8) is 0 Å². The van der Waals surface area contributed by atoms with Crippen molar-refractivity contribution in [3.05, 3.63) is 39.7 Å². The molecule has 2 N–H and O–H groups in total. The lowest BCUT2D eigenvalue weighted by molar-refractivity contribution is -0.147. The van der Waals surface area contributed by atoms with Crippen molar-refractivity contribution < 1.29 is 23.8 Å². The predicted molar refractivity (Wildman–Crippen MR) is 87.4 cm³/mol. The average molecular weight is 367 g/mol. The Morgan fingerprint density at radius 1 is 1.36 bits per heavy atom. The molecule has 0 spiro atoms. The zero-order chi connectivity index (χ0) is 18.4. The Kier molecular flexibility index (Phi) is 6.34. The highest BCUT2D eigenvalue weighted by Gasteiger charge is 2.12. The maximum absolute atomic E-state index is 12.0. The van der Waals surface area contributed by atoms with Gasteiger partial charge in [0.15, 0.2) is 5.16 Å². The van der Waals surface area contributed by atoms with Crippen LogP contribution >= 0.6 is 11.8 Å². The van der Waals surface area contributed by atoms with E-state index < -0.39 is 17.5 Å². The molecule has 9 nitrogen and oxygen atoms in total. The maximum atomic E-state index is 12.0. The summed E-state index contributed by atoms with van der Waals surface area (Å²) < 4.78 is 10.1. The average Bonchev–Trinajstić information content (AvgIpc) is 3.00. The molecule has 0 saturated carbocycles. The summed E-state index contributed by atoms with van der Waals surface area (Å²) in [6, 6.07) is 2.89. The molecule has 0 aliphatic heterocycles. The van der Waals surface area contributed by atoms with Crippen LogP contribution in [-0.4, -0.2) is 38.3 Å². The minimum Gasteiger partial charge on any atom is -0.475 e. The lowest BCUT2D eigenvalue weighted by Gasteiger charge is -2.07. The molecule has 2 heterocycles. The minimum absolute atomic E-state index is 0.0484. The first-order valence-corrected chi connectivity index (χ1v) is 8.44. The predicted octanol–water partition coefficient (Wildman–Crippen LogP) is 1.63. The van der Waals surface area contributed by atoms with Gasteiger partial charge in [-0.1, -0.05) is 11.8 Å². The van der Waals surface area contributed by atoms with Gasteiger partial charge in [-0.05, 0) is 26.0 Å². The molecule has 0 amide bonds. The number of aromatic carboxylic acids is 1. The fourth-order valence-electron chi connectivity index (χ4n) is 1.83. The Morgan fingerprint density at radius 2 is 2.12 bits per heavy atom. The second kappa shape index (κ2) is 8.47. The van der Waals surface area contributed by atoms with Crippen molar-refractivity contribution in [1.29, 1.82) is 0 Å². The van der Waals surface area contributed by atoms with E-state index in [1.54, 1.807) is 13.8 Å². The van der Waals surface area contributed by atoms with Crippen molar-refractivity contribution in [2.45, 2.75) is 43.7 Å². The van der Waals surface area contributed by atoms with Crippen LogP contribution in [0.25, 0.3) is 0 Å². The van der Waals surface area contributed by atoms with Gasteiger partial charge in [-0.2, -0.15) is 0 Å².